The van der Waals surface area contributed by atoms with Gasteiger partial charge in [-0.1, -0.05) is 32.0 Å². The van der Waals surface area contributed by atoms with Crippen LogP contribution in [0.25, 0.3) is 5.69 Å². The van der Waals surface area contributed by atoms with Crippen LogP contribution in [-0.2, 0) is 10.8 Å². The fourth-order valence-corrected chi connectivity index (χ4v) is 2.76. The van der Waals surface area contributed by atoms with E-state index in [1.165, 1.54) is 0 Å². The normalized spacial score (nSPS) is 11.0. The molecule has 0 bridgehead atoms. The number of para-hydroxylation sites is 1. The molecule has 0 spiro atoms. The number of benzene rings is 1. The molecule has 21 heavy (non-hydrogen) atoms. The van der Waals surface area contributed by atoms with Crippen LogP contribution in [0.4, 0.5) is 5.82 Å². The van der Waals surface area contributed by atoms with Gasteiger partial charge in [0.25, 0.3) is 0 Å². The zero-order chi connectivity index (χ0) is 16.0. The second-order valence-corrected chi connectivity index (χ2v) is 5.53. The second kappa shape index (κ2) is 7.60. The summed E-state index contributed by atoms with van der Waals surface area (Å²) in [5.41, 5.74) is 1.03. The van der Waals surface area contributed by atoms with Gasteiger partial charge < -0.3 is 4.90 Å². The zero-order valence-electron chi connectivity index (χ0n) is 13.0. The molecular weight excluding hydrogens is 284 g/mol. The molecule has 1 heterocycles. The number of aromatic nitrogens is 2. The highest BCUT2D eigenvalue weighted by Crippen LogP contribution is 2.28. The third-order valence-electron chi connectivity index (χ3n) is 2.64. The van der Waals surface area contributed by atoms with Crippen molar-refractivity contribution in [3.8, 4) is 11.8 Å². The van der Waals surface area contributed by atoms with Crippen LogP contribution in [-0.4, -0.2) is 34.3 Å². The summed E-state index contributed by atoms with van der Waals surface area (Å²) in [5.74, 6) is 0.670. The highest BCUT2D eigenvalue weighted by Gasteiger charge is 2.22. The Hall–Kier alpha value is -2.13. The van der Waals surface area contributed by atoms with Crippen molar-refractivity contribution in [1.29, 1.82) is 5.26 Å². The van der Waals surface area contributed by atoms with Gasteiger partial charge in [-0.3, -0.25) is 4.21 Å². The van der Waals surface area contributed by atoms with Gasteiger partial charge in [-0.15, -0.1) is 0 Å². The minimum atomic E-state index is -1.27. The van der Waals surface area contributed by atoms with E-state index in [1.807, 2.05) is 69.2 Å². The molecule has 0 saturated heterocycles. The standard InChI is InChI=1S/C13H14N4OS.C2H6/c1-16(2)13-12(19(3)18)11(9-14)15-17(13)10-7-5-4-6-8-10;1-2/h4-8H,1-3H3;1-2H3. The van der Waals surface area contributed by atoms with Gasteiger partial charge in [0, 0.05) is 20.4 Å². The Labute approximate surface area is 128 Å². The number of hydrogen-bond donors (Lipinski definition) is 0. The third kappa shape index (κ3) is 3.50. The lowest BCUT2D eigenvalue weighted by Crippen LogP contribution is -2.16. The second-order valence-electron chi connectivity index (χ2n) is 4.21. The number of rotatable bonds is 3. The molecule has 2 rings (SSSR count). The van der Waals surface area contributed by atoms with Crippen LogP contribution in [0.1, 0.15) is 19.5 Å². The first-order valence-corrected chi connectivity index (χ1v) is 8.21. The maximum absolute atomic E-state index is 11.9. The van der Waals surface area contributed by atoms with Gasteiger partial charge in [-0.25, -0.2) is 4.68 Å². The Morgan fingerprint density at radius 2 is 1.81 bits per heavy atom. The van der Waals surface area contributed by atoms with Crippen LogP contribution in [0.15, 0.2) is 35.2 Å². The van der Waals surface area contributed by atoms with Gasteiger partial charge in [-0.2, -0.15) is 10.4 Å². The smallest absolute Gasteiger partial charge is 0.181 e. The van der Waals surface area contributed by atoms with Crippen LogP contribution in [0.3, 0.4) is 0 Å². The van der Waals surface area contributed by atoms with E-state index in [-0.39, 0.29) is 5.69 Å². The number of hydrogen-bond acceptors (Lipinski definition) is 4. The van der Waals surface area contributed by atoms with E-state index in [1.54, 1.807) is 10.9 Å². The molecule has 0 radical (unpaired) electrons. The Kier molecular flexibility index (Phi) is 6.12. The lowest BCUT2D eigenvalue weighted by Gasteiger charge is -2.16. The molecule has 0 aliphatic heterocycles. The van der Waals surface area contributed by atoms with E-state index >= 15 is 0 Å². The predicted molar refractivity (Wildman–Crippen MR) is 86.3 cm³/mol. The quantitative estimate of drug-likeness (QED) is 0.874. The molecular formula is C15H20N4OS. The Morgan fingerprint density at radius 1 is 1.24 bits per heavy atom. The molecule has 0 N–H and O–H groups in total. The Balaban J connectivity index is 0.00000106. The summed E-state index contributed by atoms with van der Waals surface area (Å²) in [6.07, 6.45) is 1.56. The summed E-state index contributed by atoms with van der Waals surface area (Å²) in [6, 6.07) is 11.5. The average Bonchev–Trinajstić information content (AvgIpc) is 2.90. The van der Waals surface area contributed by atoms with Crippen molar-refractivity contribution in [1.82, 2.24) is 9.78 Å². The van der Waals surface area contributed by atoms with Gasteiger partial charge >= 0.3 is 0 Å². The molecule has 6 heteroatoms. The van der Waals surface area contributed by atoms with Gasteiger partial charge in [0.05, 0.1) is 16.5 Å². The van der Waals surface area contributed by atoms with Crippen LogP contribution in [0.2, 0.25) is 0 Å². The molecule has 1 unspecified atom stereocenters. The highest BCUT2D eigenvalue weighted by molar-refractivity contribution is 7.84. The Morgan fingerprint density at radius 3 is 2.24 bits per heavy atom. The molecule has 0 fully saturated rings. The maximum atomic E-state index is 11.9. The summed E-state index contributed by atoms with van der Waals surface area (Å²) < 4.78 is 13.5. The highest BCUT2D eigenvalue weighted by atomic mass is 32.2. The summed E-state index contributed by atoms with van der Waals surface area (Å²) >= 11 is 0. The minimum absolute atomic E-state index is 0.202. The van der Waals surface area contributed by atoms with Crippen molar-refractivity contribution in [2.45, 2.75) is 18.7 Å². The van der Waals surface area contributed by atoms with Crippen molar-refractivity contribution in [2.24, 2.45) is 0 Å². The lowest BCUT2D eigenvalue weighted by atomic mass is 10.3. The first-order chi connectivity index (χ1) is 10.1. The molecule has 112 valence electrons. The molecule has 1 atom stereocenters. The third-order valence-corrected chi connectivity index (χ3v) is 3.59. The molecule has 1 aromatic carbocycles. The van der Waals surface area contributed by atoms with Crippen LogP contribution >= 0.6 is 0 Å². The summed E-state index contributed by atoms with van der Waals surface area (Å²) in [4.78, 5) is 2.29. The van der Waals surface area contributed by atoms with E-state index in [0.717, 1.165) is 5.69 Å². The number of anilines is 1. The number of nitrogens with zero attached hydrogens (tertiary/aromatic N) is 4. The maximum Gasteiger partial charge on any atom is 0.181 e. The van der Waals surface area contributed by atoms with Gasteiger partial charge in [-0.05, 0) is 12.1 Å². The summed E-state index contributed by atoms with van der Waals surface area (Å²) in [6.45, 7) is 4.00. The fraction of sp³-hybridized carbons (Fsp3) is 0.333. The van der Waals surface area contributed by atoms with E-state index < -0.39 is 10.8 Å². The van der Waals surface area contributed by atoms with Gasteiger partial charge in [0.2, 0.25) is 0 Å². The van der Waals surface area contributed by atoms with Crippen LogP contribution < -0.4 is 4.90 Å². The number of nitriles is 1. The van der Waals surface area contributed by atoms with Crippen LogP contribution in [0, 0.1) is 11.3 Å². The van der Waals surface area contributed by atoms with Crippen molar-refractivity contribution in [3.05, 3.63) is 36.0 Å². The molecule has 1 aromatic heterocycles. The van der Waals surface area contributed by atoms with E-state index in [9.17, 15) is 4.21 Å². The molecule has 5 nitrogen and oxygen atoms in total. The zero-order valence-corrected chi connectivity index (χ0v) is 13.8. The molecule has 2 aromatic rings. The van der Waals surface area contributed by atoms with Crippen LogP contribution in [0.5, 0.6) is 0 Å². The van der Waals surface area contributed by atoms with Gasteiger partial charge in [0.1, 0.15) is 16.8 Å². The molecule has 0 aliphatic carbocycles. The first-order valence-electron chi connectivity index (χ1n) is 6.65. The molecule has 0 saturated carbocycles. The predicted octanol–water partition coefficient (Wildman–Crippen LogP) is 2.57. The monoisotopic (exact) mass is 304 g/mol. The van der Waals surface area contributed by atoms with E-state index in [4.69, 9.17) is 5.26 Å². The van der Waals surface area contributed by atoms with E-state index in [2.05, 4.69) is 5.10 Å². The summed E-state index contributed by atoms with van der Waals surface area (Å²) in [5, 5.41) is 13.4. The van der Waals surface area contributed by atoms with Crippen molar-refractivity contribution >= 4 is 16.6 Å². The largest absolute Gasteiger partial charge is 0.362 e. The summed E-state index contributed by atoms with van der Waals surface area (Å²) in [7, 11) is 2.41. The van der Waals surface area contributed by atoms with Crippen molar-refractivity contribution < 1.29 is 4.21 Å². The molecule has 0 aliphatic rings. The van der Waals surface area contributed by atoms with Crippen molar-refractivity contribution in [2.75, 3.05) is 25.3 Å². The molecule has 0 amide bonds. The average molecular weight is 304 g/mol. The fourth-order valence-electron chi connectivity index (χ4n) is 1.87. The topological polar surface area (TPSA) is 61.9 Å². The lowest BCUT2D eigenvalue weighted by molar-refractivity contribution is 0.686. The van der Waals surface area contributed by atoms with E-state index in [0.29, 0.717) is 10.7 Å². The van der Waals surface area contributed by atoms with Crippen molar-refractivity contribution in [3.63, 3.8) is 0 Å². The first kappa shape index (κ1) is 16.9. The SMILES string of the molecule is CC.CN(C)c1c(S(C)=O)c(C#N)nn1-c1ccccc1. The van der Waals surface area contributed by atoms with Gasteiger partial charge in [0.15, 0.2) is 5.69 Å². The minimum Gasteiger partial charge on any atom is -0.362 e. The Bertz CT molecular complexity index is 656.